The minimum absolute atomic E-state index is 0.110. The van der Waals surface area contributed by atoms with Gasteiger partial charge in [-0.1, -0.05) is 56.0 Å². The molecule has 0 aromatic heterocycles. The first-order valence-corrected chi connectivity index (χ1v) is 14.0. The van der Waals surface area contributed by atoms with Crippen LogP contribution in [0.1, 0.15) is 76.7 Å². The minimum atomic E-state index is -1.21. The zero-order valence-corrected chi connectivity index (χ0v) is 22.1. The number of aliphatic hydroxyl groups is 2. The Balaban J connectivity index is 1.51. The Kier molecular flexibility index (Phi) is 12.6. The molecule has 2 heterocycles. The van der Waals surface area contributed by atoms with Crippen LogP contribution in [-0.4, -0.2) is 72.0 Å². The van der Waals surface area contributed by atoms with Gasteiger partial charge >= 0.3 is 6.03 Å². The number of rotatable bonds is 6. The van der Waals surface area contributed by atoms with E-state index in [1.54, 1.807) is 6.92 Å². The number of hydrogen-bond donors (Lipinski definition) is 5. The molecule has 2 aliphatic heterocycles. The van der Waals surface area contributed by atoms with Gasteiger partial charge in [0.2, 0.25) is 5.91 Å². The number of benzene rings is 1. The molecule has 3 rings (SSSR count). The van der Waals surface area contributed by atoms with Crippen molar-refractivity contribution in [3.8, 4) is 0 Å². The number of ether oxygens (including phenoxy) is 2. The molecular formula is C28H45N3O6. The van der Waals surface area contributed by atoms with Gasteiger partial charge in [-0.3, -0.25) is 4.79 Å². The van der Waals surface area contributed by atoms with E-state index in [-0.39, 0.29) is 12.0 Å². The molecule has 208 valence electrons. The molecule has 9 heteroatoms. The van der Waals surface area contributed by atoms with Gasteiger partial charge in [-0.25, -0.2) is 4.79 Å². The largest absolute Gasteiger partial charge is 0.388 e. The number of aliphatic hydroxyl groups excluding tert-OH is 2. The molecule has 0 aliphatic carbocycles. The summed E-state index contributed by atoms with van der Waals surface area (Å²) in [5.74, 6) is 0.124. The Morgan fingerprint density at radius 1 is 1.03 bits per heavy atom. The van der Waals surface area contributed by atoms with Gasteiger partial charge in [0.05, 0.1) is 18.2 Å². The van der Waals surface area contributed by atoms with Crippen LogP contribution in [0.15, 0.2) is 30.3 Å². The fraction of sp³-hybridized carbons (Fsp3) is 0.714. The fourth-order valence-electron chi connectivity index (χ4n) is 4.96. The Bertz CT molecular complexity index is 810. The van der Waals surface area contributed by atoms with Crippen LogP contribution in [0.4, 0.5) is 4.79 Å². The summed E-state index contributed by atoms with van der Waals surface area (Å²) in [6, 6.07) is 8.48. The van der Waals surface area contributed by atoms with Crippen molar-refractivity contribution < 1.29 is 29.3 Å². The van der Waals surface area contributed by atoms with Gasteiger partial charge in [-0.2, -0.15) is 0 Å². The molecule has 0 saturated carbocycles. The summed E-state index contributed by atoms with van der Waals surface area (Å²) in [5.41, 5.74) is 1.11. The van der Waals surface area contributed by atoms with Gasteiger partial charge in [-0.05, 0) is 51.0 Å². The highest BCUT2D eigenvalue weighted by Gasteiger charge is 2.44. The standard InChI is InChI=1S/C28H45N3O6/c1-20-25(33)24(31-28(35)30-19-17-21-12-6-5-7-13-21)26(34)27(36-20)37-22-14-8-3-2-4-9-16-23(32)29-18-11-10-15-22/h5-7,12-13,20,22,24-27,33-34H,2-4,8-11,14-19H2,1H3,(H,29,32)(H2,30,31,35)/t20-,22?,24+,25+,26+,27-/m0/s1. The lowest BCUT2D eigenvalue weighted by molar-refractivity contribution is -0.283. The quantitative estimate of drug-likeness (QED) is 0.393. The molecular weight excluding hydrogens is 474 g/mol. The van der Waals surface area contributed by atoms with Gasteiger partial charge in [0.15, 0.2) is 6.29 Å². The van der Waals surface area contributed by atoms with E-state index in [0.29, 0.717) is 25.9 Å². The van der Waals surface area contributed by atoms with Gasteiger partial charge in [-0.15, -0.1) is 0 Å². The maximum absolute atomic E-state index is 12.5. The highest BCUT2D eigenvalue weighted by atomic mass is 16.7. The topological polar surface area (TPSA) is 129 Å². The van der Waals surface area contributed by atoms with Crippen molar-refractivity contribution >= 4 is 11.9 Å². The first kappa shape index (κ1) is 29.4. The number of urea groups is 1. The van der Waals surface area contributed by atoms with Crippen LogP contribution in [0.25, 0.3) is 0 Å². The lowest BCUT2D eigenvalue weighted by atomic mass is 9.96. The highest BCUT2D eigenvalue weighted by molar-refractivity contribution is 5.75. The minimum Gasteiger partial charge on any atom is -0.388 e. The van der Waals surface area contributed by atoms with E-state index in [4.69, 9.17) is 9.47 Å². The van der Waals surface area contributed by atoms with Crippen molar-refractivity contribution in [3.63, 3.8) is 0 Å². The Morgan fingerprint density at radius 2 is 1.73 bits per heavy atom. The predicted octanol–water partition coefficient (Wildman–Crippen LogP) is 2.78. The number of hydrogen-bond acceptors (Lipinski definition) is 6. The van der Waals surface area contributed by atoms with Crippen LogP contribution in [0.2, 0.25) is 0 Å². The summed E-state index contributed by atoms with van der Waals surface area (Å²) in [6.07, 6.45) is 5.84. The van der Waals surface area contributed by atoms with Crippen molar-refractivity contribution in [2.45, 2.75) is 114 Å². The third-order valence-electron chi connectivity index (χ3n) is 7.22. The zero-order valence-electron chi connectivity index (χ0n) is 22.1. The first-order valence-electron chi connectivity index (χ1n) is 14.0. The summed E-state index contributed by atoms with van der Waals surface area (Å²) in [5, 5.41) is 30.2. The van der Waals surface area contributed by atoms with Gasteiger partial charge in [0.25, 0.3) is 0 Å². The summed E-state index contributed by atoms with van der Waals surface area (Å²) in [4.78, 5) is 24.4. The van der Waals surface area contributed by atoms with Crippen LogP contribution in [0, 0.1) is 0 Å². The Hall–Kier alpha value is -2.20. The smallest absolute Gasteiger partial charge is 0.315 e. The van der Waals surface area contributed by atoms with Crippen molar-refractivity contribution in [2.75, 3.05) is 13.1 Å². The van der Waals surface area contributed by atoms with Crippen LogP contribution >= 0.6 is 0 Å². The monoisotopic (exact) mass is 519 g/mol. The molecule has 0 radical (unpaired) electrons. The highest BCUT2D eigenvalue weighted by Crippen LogP contribution is 2.26. The molecule has 37 heavy (non-hydrogen) atoms. The van der Waals surface area contributed by atoms with E-state index in [0.717, 1.165) is 63.4 Å². The summed E-state index contributed by atoms with van der Waals surface area (Å²) >= 11 is 0. The number of nitrogens with one attached hydrogen (secondary N) is 3. The van der Waals surface area contributed by atoms with Gasteiger partial charge in [0.1, 0.15) is 12.2 Å². The fourth-order valence-corrected chi connectivity index (χ4v) is 4.96. The molecule has 2 saturated heterocycles. The number of amides is 3. The second kappa shape index (κ2) is 15.9. The van der Waals surface area contributed by atoms with E-state index in [9.17, 15) is 19.8 Å². The van der Waals surface area contributed by atoms with Crippen LogP contribution < -0.4 is 16.0 Å². The number of carbonyl (C=O) groups excluding carboxylic acids is 2. The average molecular weight is 520 g/mol. The molecule has 6 atom stereocenters. The maximum atomic E-state index is 12.5. The van der Waals surface area contributed by atoms with Crippen LogP contribution in [0.3, 0.4) is 0 Å². The van der Waals surface area contributed by atoms with E-state index < -0.39 is 36.7 Å². The molecule has 0 bridgehead atoms. The van der Waals surface area contributed by atoms with Crippen molar-refractivity contribution in [2.24, 2.45) is 0 Å². The van der Waals surface area contributed by atoms with Crippen molar-refractivity contribution in [1.29, 1.82) is 0 Å². The van der Waals surface area contributed by atoms with E-state index in [1.807, 2.05) is 30.3 Å². The normalized spacial score (nSPS) is 30.5. The third kappa shape index (κ3) is 10.2. The van der Waals surface area contributed by atoms with E-state index in [1.165, 1.54) is 0 Å². The summed E-state index contributed by atoms with van der Waals surface area (Å²) in [6.45, 7) is 2.80. The SMILES string of the molecule is C[C@@H]1O[C@@H](OC2CCCCCCCC(=O)NCCCC2)[C@H](O)[C@H](NC(=O)NCCc2ccccc2)[C@@H]1O. The molecule has 5 N–H and O–H groups in total. The Morgan fingerprint density at radius 3 is 2.51 bits per heavy atom. The van der Waals surface area contributed by atoms with Crippen LogP contribution in [0.5, 0.6) is 0 Å². The maximum Gasteiger partial charge on any atom is 0.315 e. The molecule has 2 aliphatic rings. The first-order chi connectivity index (χ1) is 17.9. The molecule has 3 amide bonds. The number of carbonyl (C=O) groups is 2. The summed E-state index contributed by atoms with van der Waals surface area (Å²) in [7, 11) is 0. The molecule has 1 aromatic rings. The lowest BCUT2D eigenvalue weighted by Crippen LogP contribution is -2.65. The molecule has 2 fully saturated rings. The molecule has 9 nitrogen and oxygen atoms in total. The molecule has 1 aromatic carbocycles. The molecule has 1 unspecified atom stereocenters. The van der Waals surface area contributed by atoms with Crippen LogP contribution in [-0.2, 0) is 20.7 Å². The molecule has 0 spiro atoms. The Labute approximate surface area is 220 Å². The van der Waals surface area contributed by atoms with Gasteiger partial charge < -0.3 is 35.6 Å². The van der Waals surface area contributed by atoms with Crippen molar-refractivity contribution in [1.82, 2.24) is 16.0 Å². The van der Waals surface area contributed by atoms with Crippen molar-refractivity contribution in [3.05, 3.63) is 35.9 Å². The lowest BCUT2D eigenvalue weighted by Gasteiger charge is -2.42. The predicted molar refractivity (Wildman–Crippen MR) is 141 cm³/mol. The zero-order chi connectivity index (χ0) is 26.5. The second-order valence-corrected chi connectivity index (χ2v) is 10.3. The second-order valence-electron chi connectivity index (χ2n) is 10.3. The third-order valence-corrected chi connectivity index (χ3v) is 7.22. The van der Waals surface area contributed by atoms with E-state index >= 15 is 0 Å². The summed E-state index contributed by atoms with van der Waals surface area (Å²) < 4.78 is 12.1. The van der Waals surface area contributed by atoms with E-state index in [2.05, 4.69) is 16.0 Å². The van der Waals surface area contributed by atoms with Gasteiger partial charge in [0, 0.05) is 19.5 Å². The average Bonchev–Trinajstić information content (AvgIpc) is 2.89.